The predicted octanol–water partition coefficient (Wildman–Crippen LogP) is 1.64. The van der Waals surface area contributed by atoms with Gasteiger partial charge in [-0.1, -0.05) is 0 Å². The fraction of sp³-hybridized carbons (Fsp3) is 0.200. The summed E-state index contributed by atoms with van der Waals surface area (Å²) in [7, 11) is 1.85. The Morgan fingerprint density at radius 1 is 1.30 bits per heavy atom. The van der Waals surface area contributed by atoms with Crippen LogP contribution in [-0.4, -0.2) is 23.9 Å². The zero-order valence-electron chi connectivity index (χ0n) is 11.4. The molecular formula is C15H16N3OS+. The number of aromatic nitrogens is 1. The third kappa shape index (κ3) is 2.15. The monoisotopic (exact) mass is 286 g/mol. The number of rotatable bonds is 1. The summed E-state index contributed by atoms with van der Waals surface area (Å²) in [6.45, 7) is 1.98. The lowest BCUT2D eigenvalue weighted by Crippen LogP contribution is -2.26. The summed E-state index contributed by atoms with van der Waals surface area (Å²) < 4.78 is 2.85. The molecule has 1 aliphatic carbocycles. The van der Waals surface area contributed by atoms with Crippen LogP contribution < -0.4 is 15.7 Å². The molecule has 0 unspecified atom stereocenters. The lowest BCUT2D eigenvalue weighted by molar-refractivity contribution is 0.246. The molecular weight excluding hydrogens is 270 g/mol. The van der Waals surface area contributed by atoms with Crippen molar-refractivity contribution in [1.29, 1.82) is 0 Å². The van der Waals surface area contributed by atoms with Crippen LogP contribution in [0.1, 0.15) is 5.56 Å². The first-order chi connectivity index (χ1) is 9.58. The Hall–Kier alpha value is -1.98. The van der Waals surface area contributed by atoms with Crippen LogP contribution in [0.2, 0.25) is 0 Å². The van der Waals surface area contributed by atoms with Gasteiger partial charge in [0.25, 0.3) is 0 Å². The molecule has 0 amide bonds. The number of anilines is 1. The minimum atomic E-state index is -0.0106. The molecule has 0 radical (unpaired) electrons. The third-order valence-corrected chi connectivity index (χ3v) is 4.50. The van der Waals surface area contributed by atoms with Crippen molar-refractivity contribution < 1.29 is 5.11 Å². The van der Waals surface area contributed by atoms with Gasteiger partial charge in [-0.3, -0.25) is 0 Å². The van der Waals surface area contributed by atoms with E-state index in [1.54, 1.807) is 15.9 Å². The molecule has 0 saturated carbocycles. The van der Waals surface area contributed by atoms with Crippen LogP contribution in [0.5, 0.6) is 0 Å². The fourth-order valence-electron chi connectivity index (χ4n) is 2.10. The number of fused-ring (bicyclic) bond motifs is 2. The Labute approximate surface area is 120 Å². The zero-order chi connectivity index (χ0) is 14.3. The van der Waals surface area contributed by atoms with Gasteiger partial charge < -0.3 is 10.8 Å². The largest absolute Gasteiger partial charge is 0.398 e. The lowest BCUT2D eigenvalue weighted by Gasteiger charge is -2.07. The number of aliphatic hydroxyl groups is 1. The minimum Gasteiger partial charge on any atom is -0.398 e. The van der Waals surface area contributed by atoms with E-state index in [-0.39, 0.29) is 6.73 Å². The molecule has 5 heteroatoms. The zero-order valence-corrected chi connectivity index (χ0v) is 12.2. The summed E-state index contributed by atoms with van der Waals surface area (Å²) in [4.78, 5) is 5.76. The summed E-state index contributed by atoms with van der Waals surface area (Å²) >= 11 is 1.67. The molecule has 1 aliphatic heterocycles. The van der Waals surface area contributed by atoms with Gasteiger partial charge in [0.15, 0.2) is 0 Å². The molecule has 1 aromatic carbocycles. The summed E-state index contributed by atoms with van der Waals surface area (Å²) in [5, 5.41) is 10.2. The van der Waals surface area contributed by atoms with Crippen LogP contribution in [0.4, 0.5) is 5.69 Å². The minimum absolute atomic E-state index is 0.0106. The quantitative estimate of drug-likeness (QED) is 0.309. The number of hydrogen-bond acceptors (Lipinski definition) is 4. The molecule has 0 fully saturated rings. The second-order valence-electron chi connectivity index (χ2n) is 4.88. The van der Waals surface area contributed by atoms with E-state index in [4.69, 9.17) is 5.73 Å². The van der Waals surface area contributed by atoms with Crippen molar-refractivity contribution in [2.24, 2.45) is 0 Å². The van der Waals surface area contributed by atoms with E-state index in [2.05, 4.69) is 4.98 Å². The van der Waals surface area contributed by atoms with Crippen molar-refractivity contribution in [1.82, 2.24) is 9.56 Å². The molecule has 3 N–H and O–H groups in total. The van der Waals surface area contributed by atoms with Crippen LogP contribution in [-0.2, 0) is 0 Å². The summed E-state index contributed by atoms with van der Waals surface area (Å²) in [5.74, 6) is 0. The topological polar surface area (TPSA) is 62.2 Å². The molecule has 0 spiro atoms. The van der Waals surface area contributed by atoms with E-state index in [9.17, 15) is 5.11 Å². The van der Waals surface area contributed by atoms with Gasteiger partial charge >= 0.3 is 0 Å². The second kappa shape index (κ2) is 4.85. The molecule has 102 valence electrons. The molecule has 20 heavy (non-hydrogen) atoms. The van der Waals surface area contributed by atoms with Gasteiger partial charge in [0.1, 0.15) is 7.05 Å². The van der Waals surface area contributed by atoms with Crippen molar-refractivity contribution in [2.45, 2.75) is 6.92 Å². The Morgan fingerprint density at radius 2 is 2.10 bits per heavy atom. The highest BCUT2D eigenvalue weighted by molar-refractivity contribution is 7.21. The molecule has 1 aromatic rings. The number of hydrogen-bond donors (Lipinski definition) is 2. The highest BCUT2D eigenvalue weighted by Gasteiger charge is 2.10. The number of nitrogens with zero attached hydrogens (tertiary/aromatic N) is 2. The van der Waals surface area contributed by atoms with Crippen LogP contribution in [0.25, 0.3) is 20.8 Å². The Kier molecular flexibility index (Phi) is 3.16. The van der Waals surface area contributed by atoms with Gasteiger partial charge in [0.2, 0.25) is 12.1 Å². The molecule has 0 atom stereocenters. The van der Waals surface area contributed by atoms with E-state index in [0.29, 0.717) is 0 Å². The van der Waals surface area contributed by atoms with Gasteiger partial charge in [-0.05, 0) is 30.7 Å². The maximum Gasteiger partial charge on any atom is 0.245 e. The van der Waals surface area contributed by atoms with Crippen LogP contribution >= 0.6 is 11.3 Å². The summed E-state index contributed by atoms with van der Waals surface area (Å²) in [5.41, 5.74) is 9.74. The number of benzene rings is 2. The van der Waals surface area contributed by atoms with Crippen LogP contribution in [0.3, 0.4) is 0 Å². The molecule has 2 aliphatic rings. The Morgan fingerprint density at radius 3 is 2.85 bits per heavy atom. The maximum atomic E-state index is 9.20. The standard InChI is InChI=1S/C15H15N3OS/c1-9-5-13-15(7-11(9)16)20-14-6-10(18(2)8-19)3-4-12(14)17-13/h3-7,16,19H,8H2,1-2H3/p+1. The molecule has 0 bridgehead atoms. The lowest BCUT2D eigenvalue weighted by atomic mass is 10.2. The summed E-state index contributed by atoms with van der Waals surface area (Å²) in [6, 6.07) is 9.99. The fourth-order valence-corrected chi connectivity index (χ4v) is 3.13. The van der Waals surface area contributed by atoms with Crippen molar-refractivity contribution >= 4 is 27.2 Å². The van der Waals surface area contributed by atoms with Gasteiger partial charge in [-0.25, -0.2) is 9.56 Å². The summed E-state index contributed by atoms with van der Waals surface area (Å²) in [6.07, 6.45) is 0. The average Bonchev–Trinajstić information content (AvgIpc) is 2.45. The first kappa shape index (κ1) is 13.0. The first-order valence-electron chi connectivity index (χ1n) is 6.34. The van der Waals surface area contributed by atoms with Crippen molar-refractivity contribution in [3.05, 3.63) is 41.3 Å². The van der Waals surface area contributed by atoms with E-state index >= 15 is 0 Å². The smallest absolute Gasteiger partial charge is 0.245 e. The first-order valence-corrected chi connectivity index (χ1v) is 7.16. The Balaban J connectivity index is 2.35. The van der Waals surface area contributed by atoms with Gasteiger partial charge in [-0.15, -0.1) is 11.3 Å². The maximum absolute atomic E-state index is 9.20. The van der Waals surface area contributed by atoms with Crippen LogP contribution in [0.15, 0.2) is 30.3 Å². The van der Waals surface area contributed by atoms with Gasteiger partial charge in [0, 0.05) is 17.8 Å². The number of aryl methyl sites for hydroxylation is 1. The SMILES string of the molecule is Cc1cc2nc3ccc(=[N+](C)CO)cc-3sc2cc1N. The predicted molar refractivity (Wildman–Crippen MR) is 83.7 cm³/mol. The number of aliphatic hydroxyl groups excluding tert-OH is 1. The van der Waals surface area contributed by atoms with Crippen molar-refractivity contribution in [3.8, 4) is 10.6 Å². The van der Waals surface area contributed by atoms with E-state index < -0.39 is 0 Å². The van der Waals surface area contributed by atoms with Crippen molar-refractivity contribution in [3.63, 3.8) is 0 Å². The highest BCUT2D eigenvalue weighted by Crippen LogP contribution is 2.31. The average molecular weight is 286 g/mol. The number of nitrogens with two attached hydrogens (primary N) is 1. The Bertz CT molecular complexity index is 838. The van der Waals surface area contributed by atoms with E-state index in [1.165, 1.54) is 0 Å². The molecule has 1 heterocycles. The van der Waals surface area contributed by atoms with Gasteiger partial charge in [-0.2, -0.15) is 0 Å². The number of nitrogen functional groups attached to an aromatic ring is 1. The normalized spacial score (nSPS) is 12.9. The third-order valence-electron chi connectivity index (χ3n) is 3.40. The molecule has 3 rings (SSSR count). The van der Waals surface area contributed by atoms with E-state index in [0.717, 1.165) is 37.4 Å². The second-order valence-corrected chi connectivity index (χ2v) is 5.97. The van der Waals surface area contributed by atoms with Crippen LogP contribution in [0, 0.1) is 6.92 Å². The highest BCUT2D eigenvalue weighted by atomic mass is 32.1. The van der Waals surface area contributed by atoms with E-state index in [1.807, 2.05) is 44.3 Å². The molecule has 0 saturated heterocycles. The van der Waals surface area contributed by atoms with Gasteiger partial charge in [0.05, 0.1) is 20.8 Å². The molecule has 0 aromatic heterocycles. The molecule has 4 nitrogen and oxygen atoms in total. The van der Waals surface area contributed by atoms with Crippen molar-refractivity contribution in [2.75, 3.05) is 19.5 Å².